The molecular weight excluding hydrogens is 250 g/mol. The molecule has 1 fully saturated rings. The van der Waals surface area contributed by atoms with Crippen molar-refractivity contribution in [3.05, 3.63) is 0 Å². The Labute approximate surface area is 111 Å². The van der Waals surface area contributed by atoms with E-state index in [9.17, 15) is 13.2 Å². The lowest BCUT2D eigenvalue weighted by Gasteiger charge is -2.31. The molecule has 0 aliphatic heterocycles. The standard InChI is InChI=1S/C13H25NO3S/c1-10(9-18(5,16)17)14(11-6-7-11)12(15)8-13(2,3)4/h10-11H,6-9H2,1-5H3/t10-/m1/s1. The maximum Gasteiger partial charge on any atom is 0.223 e. The fourth-order valence-electron chi connectivity index (χ4n) is 2.23. The summed E-state index contributed by atoms with van der Waals surface area (Å²) in [6, 6.07) is 0.0407. The van der Waals surface area contributed by atoms with E-state index in [0.717, 1.165) is 12.8 Å². The third-order valence-corrected chi connectivity index (χ3v) is 4.02. The molecule has 0 aromatic heterocycles. The van der Waals surface area contributed by atoms with Gasteiger partial charge in [0.15, 0.2) is 0 Å². The summed E-state index contributed by atoms with van der Waals surface area (Å²) in [5, 5.41) is 0. The average Bonchev–Trinajstić information content (AvgIpc) is 2.80. The van der Waals surface area contributed by atoms with Crippen LogP contribution in [-0.2, 0) is 14.6 Å². The minimum absolute atomic E-state index is 0.0549. The fourth-order valence-corrected chi connectivity index (χ4v) is 3.26. The van der Waals surface area contributed by atoms with Gasteiger partial charge in [0.25, 0.3) is 0 Å². The maximum absolute atomic E-state index is 12.3. The van der Waals surface area contributed by atoms with E-state index in [1.807, 2.05) is 27.7 Å². The molecule has 0 aromatic rings. The summed E-state index contributed by atoms with van der Waals surface area (Å²) in [6.07, 6.45) is 3.70. The van der Waals surface area contributed by atoms with Crippen LogP contribution in [0.3, 0.4) is 0 Å². The van der Waals surface area contributed by atoms with E-state index in [4.69, 9.17) is 0 Å². The first-order valence-electron chi connectivity index (χ1n) is 6.48. The zero-order valence-corrected chi connectivity index (χ0v) is 12.9. The molecule has 1 rings (SSSR count). The molecule has 0 bridgehead atoms. The Kier molecular flexibility index (Phi) is 4.47. The first kappa shape index (κ1) is 15.5. The number of amides is 1. The number of carbonyl (C=O) groups excluding carboxylic acids is 1. The third-order valence-electron chi connectivity index (χ3n) is 2.93. The van der Waals surface area contributed by atoms with E-state index in [-0.39, 0.29) is 29.2 Å². The van der Waals surface area contributed by atoms with E-state index < -0.39 is 9.84 Å². The van der Waals surface area contributed by atoms with E-state index in [0.29, 0.717) is 6.42 Å². The average molecular weight is 275 g/mol. The normalized spacial score (nSPS) is 18.5. The van der Waals surface area contributed by atoms with Crippen molar-refractivity contribution in [3.63, 3.8) is 0 Å². The Balaban J connectivity index is 2.73. The second-order valence-electron chi connectivity index (χ2n) is 6.71. The molecule has 0 heterocycles. The highest BCUT2D eigenvalue weighted by Crippen LogP contribution is 2.31. The molecule has 0 unspecified atom stereocenters. The molecule has 18 heavy (non-hydrogen) atoms. The molecule has 1 amide bonds. The molecule has 0 aromatic carbocycles. The van der Waals surface area contributed by atoms with Crippen LogP contribution in [0.15, 0.2) is 0 Å². The first-order valence-corrected chi connectivity index (χ1v) is 8.54. The highest BCUT2D eigenvalue weighted by Gasteiger charge is 2.37. The summed E-state index contributed by atoms with van der Waals surface area (Å²) in [4.78, 5) is 14.1. The number of hydrogen-bond donors (Lipinski definition) is 0. The smallest absolute Gasteiger partial charge is 0.223 e. The second-order valence-corrected chi connectivity index (χ2v) is 8.90. The fraction of sp³-hybridized carbons (Fsp3) is 0.923. The molecule has 4 nitrogen and oxygen atoms in total. The van der Waals surface area contributed by atoms with Gasteiger partial charge in [-0.3, -0.25) is 4.79 Å². The first-order chi connectivity index (χ1) is 7.99. The van der Waals surface area contributed by atoms with Crippen LogP contribution in [0.25, 0.3) is 0 Å². The van der Waals surface area contributed by atoms with Gasteiger partial charge in [-0.15, -0.1) is 0 Å². The van der Waals surface area contributed by atoms with Crippen LogP contribution >= 0.6 is 0 Å². The third kappa shape index (κ3) is 5.38. The zero-order chi connectivity index (χ0) is 14.1. The molecule has 1 saturated carbocycles. The van der Waals surface area contributed by atoms with Gasteiger partial charge in [0, 0.05) is 24.8 Å². The Morgan fingerprint density at radius 1 is 1.33 bits per heavy atom. The van der Waals surface area contributed by atoms with Crippen LogP contribution in [0.4, 0.5) is 0 Å². The topological polar surface area (TPSA) is 54.5 Å². The Bertz CT molecular complexity index is 404. The molecule has 1 aliphatic carbocycles. The lowest BCUT2D eigenvalue weighted by Crippen LogP contribution is -2.44. The SMILES string of the molecule is C[C@H](CS(C)(=O)=O)N(C(=O)CC(C)(C)C)C1CC1. The molecular formula is C13H25NO3S. The highest BCUT2D eigenvalue weighted by atomic mass is 32.2. The Hall–Kier alpha value is -0.580. The lowest BCUT2D eigenvalue weighted by molar-refractivity contribution is -0.135. The number of carbonyl (C=O) groups is 1. The molecule has 5 heteroatoms. The van der Waals surface area contributed by atoms with Crippen molar-refractivity contribution in [1.29, 1.82) is 0 Å². The van der Waals surface area contributed by atoms with Crippen LogP contribution in [0.2, 0.25) is 0 Å². The van der Waals surface area contributed by atoms with Gasteiger partial charge in [0.1, 0.15) is 9.84 Å². The Morgan fingerprint density at radius 2 is 1.83 bits per heavy atom. The van der Waals surface area contributed by atoms with E-state index in [1.165, 1.54) is 6.26 Å². The van der Waals surface area contributed by atoms with Gasteiger partial charge in [0.05, 0.1) is 5.75 Å². The van der Waals surface area contributed by atoms with Gasteiger partial charge in [-0.2, -0.15) is 0 Å². The highest BCUT2D eigenvalue weighted by molar-refractivity contribution is 7.90. The predicted octanol–water partition coefficient (Wildman–Crippen LogP) is 1.85. The Morgan fingerprint density at radius 3 is 2.17 bits per heavy atom. The summed E-state index contributed by atoms with van der Waals surface area (Å²) in [5.41, 5.74) is -0.0605. The van der Waals surface area contributed by atoms with Gasteiger partial charge < -0.3 is 4.90 Å². The molecule has 1 atom stereocenters. The molecule has 106 valence electrons. The monoisotopic (exact) mass is 275 g/mol. The van der Waals surface area contributed by atoms with Crippen LogP contribution in [0, 0.1) is 5.41 Å². The minimum atomic E-state index is -3.05. The van der Waals surface area contributed by atoms with Gasteiger partial charge in [-0.25, -0.2) is 8.42 Å². The number of nitrogens with zero attached hydrogens (tertiary/aromatic N) is 1. The van der Waals surface area contributed by atoms with E-state index in [2.05, 4.69) is 0 Å². The summed E-state index contributed by atoms with van der Waals surface area (Å²) in [6.45, 7) is 7.91. The largest absolute Gasteiger partial charge is 0.336 e. The van der Waals surface area contributed by atoms with E-state index >= 15 is 0 Å². The van der Waals surface area contributed by atoms with Crippen molar-refractivity contribution in [2.75, 3.05) is 12.0 Å². The minimum Gasteiger partial charge on any atom is -0.336 e. The predicted molar refractivity (Wildman–Crippen MR) is 73.1 cm³/mol. The second kappa shape index (κ2) is 5.19. The lowest BCUT2D eigenvalue weighted by atomic mass is 9.91. The van der Waals surface area contributed by atoms with Gasteiger partial charge >= 0.3 is 0 Å². The van der Waals surface area contributed by atoms with Crippen molar-refractivity contribution in [1.82, 2.24) is 4.90 Å². The number of rotatable bonds is 5. The van der Waals surface area contributed by atoms with Gasteiger partial charge in [0.2, 0.25) is 5.91 Å². The van der Waals surface area contributed by atoms with Crippen LogP contribution in [0.5, 0.6) is 0 Å². The molecule has 0 spiro atoms. The van der Waals surface area contributed by atoms with Crippen LogP contribution in [0.1, 0.15) is 47.0 Å². The summed E-state index contributed by atoms with van der Waals surface area (Å²) < 4.78 is 22.7. The molecule has 1 aliphatic rings. The van der Waals surface area contributed by atoms with Gasteiger partial charge in [-0.05, 0) is 25.2 Å². The molecule has 0 saturated heterocycles. The van der Waals surface area contributed by atoms with E-state index in [1.54, 1.807) is 4.90 Å². The summed E-state index contributed by atoms with van der Waals surface area (Å²) in [7, 11) is -3.05. The van der Waals surface area contributed by atoms with Crippen molar-refractivity contribution >= 4 is 15.7 Å². The molecule has 0 N–H and O–H groups in total. The van der Waals surface area contributed by atoms with Crippen molar-refractivity contribution < 1.29 is 13.2 Å². The number of sulfone groups is 1. The maximum atomic E-state index is 12.3. The number of hydrogen-bond acceptors (Lipinski definition) is 3. The van der Waals surface area contributed by atoms with Crippen molar-refractivity contribution in [2.45, 2.75) is 59.0 Å². The molecule has 0 radical (unpaired) electrons. The van der Waals surface area contributed by atoms with Crippen LogP contribution in [-0.4, -0.2) is 43.3 Å². The summed E-state index contributed by atoms with van der Waals surface area (Å²) in [5.74, 6) is 0.139. The van der Waals surface area contributed by atoms with Gasteiger partial charge in [-0.1, -0.05) is 20.8 Å². The zero-order valence-electron chi connectivity index (χ0n) is 12.1. The quantitative estimate of drug-likeness (QED) is 0.769. The van der Waals surface area contributed by atoms with Crippen molar-refractivity contribution in [3.8, 4) is 0 Å². The van der Waals surface area contributed by atoms with Crippen molar-refractivity contribution in [2.24, 2.45) is 5.41 Å². The summed E-state index contributed by atoms with van der Waals surface area (Å²) >= 11 is 0. The van der Waals surface area contributed by atoms with Crippen LogP contribution < -0.4 is 0 Å².